The minimum absolute atomic E-state index is 0. The van der Waals surface area contributed by atoms with Gasteiger partial charge in [-0.1, -0.05) is 30.3 Å². The van der Waals surface area contributed by atoms with E-state index in [2.05, 4.69) is 15.6 Å². The first-order valence-corrected chi connectivity index (χ1v) is 9.50. The SMILES string of the molecule is Cc1nc(-c2ccccc2)sc1C(=O)NCC(N1CCNCC1)C(F)(F)F.Cl.Cl. The molecule has 0 spiro atoms. The van der Waals surface area contributed by atoms with Gasteiger partial charge in [0.25, 0.3) is 5.91 Å². The van der Waals surface area contributed by atoms with Gasteiger partial charge in [-0.25, -0.2) is 4.98 Å². The number of aromatic nitrogens is 1. The van der Waals surface area contributed by atoms with Crippen molar-refractivity contribution < 1.29 is 18.0 Å². The molecular weight excluding hydrogens is 448 g/mol. The van der Waals surface area contributed by atoms with Gasteiger partial charge in [0, 0.05) is 38.3 Å². The molecule has 0 bridgehead atoms. The van der Waals surface area contributed by atoms with Crippen molar-refractivity contribution in [2.75, 3.05) is 32.7 Å². The van der Waals surface area contributed by atoms with Crippen LogP contribution in [0.4, 0.5) is 13.2 Å². The summed E-state index contributed by atoms with van der Waals surface area (Å²) in [4.78, 5) is 18.6. The average molecular weight is 471 g/mol. The molecular formula is C18H23Cl2F3N4OS. The number of nitrogens with one attached hydrogen (secondary N) is 2. The average Bonchev–Trinajstić information content (AvgIpc) is 3.04. The highest BCUT2D eigenvalue weighted by Crippen LogP contribution is 2.28. The number of rotatable bonds is 5. The smallest absolute Gasteiger partial charge is 0.349 e. The first-order chi connectivity index (χ1) is 12.9. The van der Waals surface area contributed by atoms with Crippen LogP contribution in [-0.4, -0.2) is 60.7 Å². The quantitative estimate of drug-likeness (QED) is 0.701. The van der Waals surface area contributed by atoms with Crippen LogP contribution in [0.2, 0.25) is 0 Å². The van der Waals surface area contributed by atoms with E-state index < -0.39 is 24.7 Å². The summed E-state index contributed by atoms with van der Waals surface area (Å²) in [5.74, 6) is -0.517. The number of hydrogen-bond acceptors (Lipinski definition) is 5. The van der Waals surface area contributed by atoms with Gasteiger partial charge < -0.3 is 10.6 Å². The van der Waals surface area contributed by atoms with Crippen molar-refractivity contribution in [3.63, 3.8) is 0 Å². The zero-order valence-corrected chi connectivity index (χ0v) is 18.1. The second-order valence-electron chi connectivity index (χ2n) is 6.35. The molecule has 1 saturated heterocycles. The van der Waals surface area contributed by atoms with Gasteiger partial charge in [0.05, 0.1) is 5.69 Å². The van der Waals surface area contributed by atoms with E-state index in [1.54, 1.807) is 6.92 Å². The third-order valence-corrected chi connectivity index (χ3v) is 5.66. The largest absolute Gasteiger partial charge is 0.405 e. The Labute approximate surface area is 183 Å². The number of piperazine rings is 1. The number of alkyl halides is 3. The minimum Gasteiger partial charge on any atom is -0.349 e. The molecule has 1 atom stereocenters. The predicted octanol–water partition coefficient (Wildman–Crippen LogP) is 3.53. The molecule has 2 aromatic rings. The number of carbonyl (C=O) groups excluding carboxylic acids is 1. The van der Waals surface area contributed by atoms with Crippen LogP contribution in [0.25, 0.3) is 10.6 Å². The molecule has 2 N–H and O–H groups in total. The maximum Gasteiger partial charge on any atom is 0.405 e. The van der Waals surface area contributed by atoms with Gasteiger partial charge in [0.1, 0.15) is 15.9 Å². The fourth-order valence-electron chi connectivity index (χ4n) is 3.03. The van der Waals surface area contributed by atoms with Crippen molar-refractivity contribution >= 4 is 42.1 Å². The molecule has 1 amide bonds. The molecule has 29 heavy (non-hydrogen) atoms. The first kappa shape index (κ1) is 25.6. The Balaban J connectivity index is 0.00000210. The van der Waals surface area contributed by atoms with Crippen LogP contribution in [0.5, 0.6) is 0 Å². The van der Waals surface area contributed by atoms with Crippen molar-refractivity contribution in [2.24, 2.45) is 0 Å². The van der Waals surface area contributed by atoms with E-state index in [1.807, 2.05) is 30.3 Å². The molecule has 1 aromatic carbocycles. The highest BCUT2D eigenvalue weighted by Gasteiger charge is 2.43. The molecule has 0 radical (unpaired) electrons. The van der Waals surface area contributed by atoms with Crippen LogP contribution in [0.3, 0.4) is 0 Å². The summed E-state index contributed by atoms with van der Waals surface area (Å²) in [6.45, 7) is 2.84. The van der Waals surface area contributed by atoms with Gasteiger partial charge in [-0.3, -0.25) is 9.69 Å². The Morgan fingerprint density at radius 1 is 1.24 bits per heavy atom. The third kappa shape index (κ3) is 6.55. The van der Waals surface area contributed by atoms with Crippen molar-refractivity contribution in [3.8, 4) is 10.6 Å². The lowest BCUT2D eigenvalue weighted by atomic mass is 10.2. The van der Waals surface area contributed by atoms with Crippen LogP contribution >= 0.6 is 36.2 Å². The van der Waals surface area contributed by atoms with E-state index >= 15 is 0 Å². The van der Waals surface area contributed by atoms with Crippen molar-refractivity contribution in [2.45, 2.75) is 19.1 Å². The van der Waals surface area contributed by atoms with Crippen LogP contribution in [-0.2, 0) is 0 Å². The summed E-state index contributed by atoms with van der Waals surface area (Å²) in [5.41, 5.74) is 1.39. The fourth-order valence-corrected chi connectivity index (χ4v) is 4.01. The van der Waals surface area contributed by atoms with Gasteiger partial charge in [0.2, 0.25) is 0 Å². The second-order valence-corrected chi connectivity index (χ2v) is 7.35. The lowest BCUT2D eigenvalue weighted by molar-refractivity contribution is -0.183. The van der Waals surface area contributed by atoms with Crippen LogP contribution in [0, 0.1) is 6.92 Å². The summed E-state index contributed by atoms with van der Waals surface area (Å²) in [6.07, 6.45) is -4.40. The van der Waals surface area contributed by atoms with Crippen molar-refractivity contribution in [1.29, 1.82) is 0 Å². The van der Waals surface area contributed by atoms with E-state index in [-0.39, 0.29) is 24.8 Å². The van der Waals surface area contributed by atoms with E-state index in [0.717, 1.165) is 5.56 Å². The number of amides is 1. The number of nitrogens with zero attached hydrogens (tertiary/aromatic N) is 2. The summed E-state index contributed by atoms with van der Waals surface area (Å²) in [6, 6.07) is 7.69. The third-order valence-electron chi connectivity index (χ3n) is 4.45. The lowest BCUT2D eigenvalue weighted by Crippen LogP contribution is -2.57. The second kappa shape index (κ2) is 11.1. The molecule has 1 aliphatic rings. The predicted molar refractivity (Wildman–Crippen MR) is 113 cm³/mol. The Morgan fingerprint density at radius 2 is 1.86 bits per heavy atom. The van der Waals surface area contributed by atoms with Crippen LogP contribution in [0.1, 0.15) is 15.4 Å². The normalized spacial score (nSPS) is 15.7. The molecule has 2 heterocycles. The number of hydrogen-bond donors (Lipinski definition) is 2. The van der Waals surface area contributed by atoms with E-state index in [0.29, 0.717) is 41.8 Å². The zero-order chi connectivity index (χ0) is 19.4. The first-order valence-electron chi connectivity index (χ1n) is 8.69. The molecule has 1 unspecified atom stereocenters. The summed E-state index contributed by atoms with van der Waals surface area (Å²) < 4.78 is 40.3. The Morgan fingerprint density at radius 3 is 2.45 bits per heavy atom. The Kier molecular flexibility index (Phi) is 9.84. The number of carbonyl (C=O) groups is 1. The van der Waals surface area contributed by atoms with Gasteiger partial charge in [-0.15, -0.1) is 36.2 Å². The zero-order valence-electron chi connectivity index (χ0n) is 15.7. The molecule has 1 fully saturated rings. The number of aryl methyl sites for hydroxylation is 1. The minimum atomic E-state index is -4.40. The van der Waals surface area contributed by atoms with Crippen LogP contribution < -0.4 is 10.6 Å². The van der Waals surface area contributed by atoms with E-state index in [1.165, 1.54) is 16.2 Å². The standard InChI is InChI=1S/C18H21F3N4OS.2ClH/c1-12-15(27-17(24-12)13-5-3-2-4-6-13)16(26)23-11-14(18(19,20)21)25-9-7-22-8-10-25;;/h2-6,14,22H,7-11H2,1H3,(H,23,26);2*1H. The molecule has 11 heteroatoms. The maximum atomic E-state index is 13.4. The molecule has 0 aliphatic carbocycles. The number of thiazole rings is 1. The van der Waals surface area contributed by atoms with Crippen molar-refractivity contribution in [1.82, 2.24) is 20.5 Å². The number of halogens is 5. The maximum absolute atomic E-state index is 13.4. The molecule has 5 nitrogen and oxygen atoms in total. The molecule has 1 aliphatic heterocycles. The highest BCUT2D eigenvalue weighted by molar-refractivity contribution is 7.17. The molecule has 162 valence electrons. The summed E-state index contributed by atoms with van der Waals surface area (Å²) in [5, 5.41) is 6.17. The monoisotopic (exact) mass is 470 g/mol. The fraction of sp³-hybridized carbons (Fsp3) is 0.444. The Bertz CT molecular complexity index is 783. The summed E-state index contributed by atoms with van der Waals surface area (Å²) in [7, 11) is 0. The number of benzene rings is 1. The van der Waals surface area contributed by atoms with Crippen LogP contribution in [0.15, 0.2) is 30.3 Å². The van der Waals surface area contributed by atoms with Gasteiger partial charge >= 0.3 is 6.18 Å². The highest BCUT2D eigenvalue weighted by atomic mass is 35.5. The van der Waals surface area contributed by atoms with Gasteiger partial charge in [-0.2, -0.15) is 13.2 Å². The summed E-state index contributed by atoms with van der Waals surface area (Å²) >= 11 is 1.19. The van der Waals surface area contributed by atoms with Gasteiger partial charge in [-0.05, 0) is 6.92 Å². The molecule has 1 aromatic heterocycles. The van der Waals surface area contributed by atoms with E-state index in [4.69, 9.17) is 0 Å². The molecule has 0 saturated carbocycles. The lowest BCUT2D eigenvalue weighted by Gasteiger charge is -2.35. The van der Waals surface area contributed by atoms with Crippen molar-refractivity contribution in [3.05, 3.63) is 40.9 Å². The Hall–Kier alpha value is -1.39. The van der Waals surface area contributed by atoms with E-state index in [9.17, 15) is 18.0 Å². The molecule has 3 rings (SSSR count). The topological polar surface area (TPSA) is 57.3 Å². The van der Waals surface area contributed by atoms with Gasteiger partial charge in [0.15, 0.2) is 0 Å².